The van der Waals surface area contributed by atoms with E-state index < -0.39 is 16.1 Å². The first-order chi connectivity index (χ1) is 14.8. The van der Waals surface area contributed by atoms with Crippen LogP contribution in [0.5, 0.6) is 0 Å². The van der Waals surface area contributed by atoms with E-state index in [1.54, 1.807) is 30.3 Å². The SMILES string of the molecule is CNc1ccc2c(c1)C=C(c1ccc(NC(=O)NS(=O)(=O)c3ccc(Cl)s3)cc1)C2=O. The molecule has 1 aromatic heterocycles. The molecule has 0 atom stereocenters. The Hall–Kier alpha value is -3.14. The molecular weight excluding hydrogens is 458 g/mol. The molecule has 2 amide bonds. The van der Waals surface area contributed by atoms with E-state index in [-0.39, 0.29) is 9.99 Å². The third-order valence-corrected chi connectivity index (χ3v) is 7.68. The van der Waals surface area contributed by atoms with Gasteiger partial charge in [-0.3, -0.25) is 4.79 Å². The smallest absolute Gasteiger partial charge is 0.333 e. The van der Waals surface area contributed by atoms with Gasteiger partial charge in [0, 0.05) is 29.6 Å². The Morgan fingerprint density at radius 2 is 1.71 bits per heavy atom. The summed E-state index contributed by atoms with van der Waals surface area (Å²) in [5, 5.41) is 5.51. The van der Waals surface area contributed by atoms with Crippen molar-refractivity contribution in [2.24, 2.45) is 0 Å². The molecule has 4 rings (SSSR count). The predicted molar refractivity (Wildman–Crippen MR) is 123 cm³/mol. The summed E-state index contributed by atoms with van der Waals surface area (Å²) in [6, 6.07) is 14.0. The summed E-state index contributed by atoms with van der Waals surface area (Å²) in [6.45, 7) is 0. The highest BCUT2D eigenvalue weighted by Gasteiger charge is 2.24. The number of carbonyl (C=O) groups excluding carboxylic acids is 2. The average molecular weight is 474 g/mol. The third-order valence-electron chi connectivity index (χ3n) is 4.62. The van der Waals surface area contributed by atoms with Crippen molar-refractivity contribution < 1.29 is 18.0 Å². The summed E-state index contributed by atoms with van der Waals surface area (Å²) >= 11 is 6.60. The fourth-order valence-corrected chi connectivity index (χ4v) is 5.52. The van der Waals surface area contributed by atoms with Crippen LogP contribution in [0, 0.1) is 0 Å². The molecule has 158 valence electrons. The molecule has 0 fully saturated rings. The molecule has 10 heteroatoms. The van der Waals surface area contributed by atoms with Gasteiger partial charge in [-0.15, -0.1) is 11.3 Å². The van der Waals surface area contributed by atoms with Crippen molar-refractivity contribution in [1.29, 1.82) is 0 Å². The van der Waals surface area contributed by atoms with Crippen LogP contribution in [0.15, 0.2) is 58.8 Å². The van der Waals surface area contributed by atoms with Gasteiger partial charge in [-0.1, -0.05) is 23.7 Å². The molecule has 0 spiro atoms. The number of halogens is 1. The quantitative estimate of drug-likeness (QED) is 0.498. The molecule has 1 heterocycles. The zero-order valence-electron chi connectivity index (χ0n) is 16.1. The van der Waals surface area contributed by atoms with Gasteiger partial charge in [0.1, 0.15) is 4.21 Å². The fraction of sp³-hybridized carbons (Fsp3) is 0.0476. The van der Waals surface area contributed by atoms with Crippen molar-refractivity contribution in [1.82, 2.24) is 4.72 Å². The summed E-state index contributed by atoms with van der Waals surface area (Å²) in [7, 11) is -2.20. The normalized spacial score (nSPS) is 12.8. The Morgan fingerprint density at radius 1 is 1.00 bits per heavy atom. The maximum atomic E-state index is 12.7. The second-order valence-electron chi connectivity index (χ2n) is 6.63. The van der Waals surface area contributed by atoms with Crippen LogP contribution < -0.4 is 15.4 Å². The lowest BCUT2D eigenvalue weighted by Crippen LogP contribution is -2.33. The summed E-state index contributed by atoms with van der Waals surface area (Å²) < 4.78 is 26.6. The number of urea groups is 1. The molecule has 1 aliphatic rings. The Kier molecular flexibility index (Phi) is 5.57. The van der Waals surface area contributed by atoms with Crippen molar-refractivity contribution in [2.45, 2.75) is 4.21 Å². The highest BCUT2D eigenvalue weighted by molar-refractivity contribution is 7.92. The molecule has 0 saturated carbocycles. The number of amides is 2. The number of fused-ring (bicyclic) bond motifs is 1. The highest BCUT2D eigenvalue weighted by atomic mass is 35.5. The van der Waals surface area contributed by atoms with Crippen molar-refractivity contribution in [3.05, 3.63) is 75.6 Å². The minimum Gasteiger partial charge on any atom is -0.388 e. The lowest BCUT2D eigenvalue weighted by atomic mass is 10.0. The van der Waals surface area contributed by atoms with E-state index in [1.807, 2.05) is 30.0 Å². The van der Waals surface area contributed by atoms with E-state index in [0.717, 1.165) is 22.6 Å². The third kappa shape index (κ3) is 4.34. The zero-order valence-corrected chi connectivity index (χ0v) is 18.5. The standard InChI is InChI=1S/C21H16ClN3O4S2/c1-23-15-6-7-16-13(10-15)11-17(20(16)26)12-2-4-14(5-3-12)24-21(27)25-31(28,29)19-9-8-18(22)30-19/h2-11,23H,1H3,(H2,24,25,27). The number of sulfonamides is 1. The fourth-order valence-electron chi connectivity index (χ4n) is 3.13. The van der Waals surface area contributed by atoms with Gasteiger partial charge in [0.2, 0.25) is 0 Å². The van der Waals surface area contributed by atoms with Crippen LogP contribution in [-0.2, 0) is 10.0 Å². The first-order valence-corrected chi connectivity index (χ1v) is 11.7. The summed E-state index contributed by atoms with van der Waals surface area (Å²) in [4.78, 5) is 24.8. The van der Waals surface area contributed by atoms with Crippen LogP contribution in [0.4, 0.5) is 16.2 Å². The van der Waals surface area contributed by atoms with E-state index >= 15 is 0 Å². The van der Waals surface area contributed by atoms with Gasteiger partial charge in [-0.25, -0.2) is 17.9 Å². The predicted octanol–water partition coefficient (Wildman–Crippen LogP) is 4.69. The monoisotopic (exact) mass is 473 g/mol. The lowest BCUT2D eigenvalue weighted by molar-refractivity contribution is 0.105. The number of carbonyl (C=O) groups is 2. The molecule has 3 N–H and O–H groups in total. The number of hydrogen-bond acceptors (Lipinski definition) is 6. The van der Waals surface area contributed by atoms with Crippen molar-refractivity contribution in [3.63, 3.8) is 0 Å². The number of ketones is 1. The Labute approximate surface area is 187 Å². The number of thiophene rings is 1. The Balaban J connectivity index is 1.46. The zero-order chi connectivity index (χ0) is 22.2. The minimum absolute atomic E-state index is 0.0596. The molecule has 3 aromatic rings. The van der Waals surface area contributed by atoms with Crippen LogP contribution in [-0.4, -0.2) is 27.3 Å². The second-order valence-corrected chi connectivity index (χ2v) is 10.3. The number of allylic oxidation sites excluding steroid dienone is 1. The van der Waals surface area contributed by atoms with Gasteiger partial charge in [0.05, 0.1) is 4.34 Å². The molecule has 31 heavy (non-hydrogen) atoms. The van der Waals surface area contributed by atoms with Crippen molar-refractivity contribution >= 4 is 67.8 Å². The Bertz CT molecular complexity index is 1330. The first-order valence-electron chi connectivity index (χ1n) is 9.04. The Morgan fingerprint density at radius 3 is 2.35 bits per heavy atom. The van der Waals surface area contributed by atoms with E-state index in [0.29, 0.717) is 26.7 Å². The molecule has 1 aliphatic carbocycles. The van der Waals surface area contributed by atoms with Crippen LogP contribution in [0.25, 0.3) is 11.6 Å². The van der Waals surface area contributed by atoms with E-state index in [2.05, 4.69) is 10.6 Å². The number of benzene rings is 2. The van der Waals surface area contributed by atoms with Crippen LogP contribution in [0.1, 0.15) is 21.5 Å². The van der Waals surface area contributed by atoms with Gasteiger partial charge >= 0.3 is 6.03 Å². The van der Waals surface area contributed by atoms with Crippen molar-refractivity contribution in [2.75, 3.05) is 17.7 Å². The number of Topliss-reactive ketones (excluding diaryl/α,β-unsaturated/α-hetero) is 1. The van der Waals surface area contributed by atoms with Crippen molar-refractivity contribution in [3.8, 4) is 0 Å². The molecule has 7 nitrogen and oxygen atoms in total. The van der Waals surface area contributed by atoms with E-state index in [9.17, 15) is 18.0 Å². The molecule has 2 aromatic carbocycles. The van der Waals surface area contributed by atoms with Gasteiger partial charge < -0.3 is 10.6 Å². The van der Waals surface area contributed by atoms with Crippen LogP contribution in [0.2, 0.25) is 4.34 Å². The highest BCUT2D eigenvalue weighted by Crippen LogP contribution is 2.33. The lowest BCUT2D eigenvalue weighted by Gasteiger charge is -2.08. The summed E-state index contributed by atoms with van der Waals surface area (Å²) in [5.41, 5.74) is 4.01. The number of hydrogen-bond donors (Lipinski definition) is 3. The van der Waals surface area contributed by atoms with E-state index in [4.69, 9.17) is 11.6 Å². The van der Waals surface area contributed by atoms with Gasteiger partial charge in [0.25, 0.3) is 10.0 Å². The first kappa shape index (κ1) is 21.1. The molecule has 0 unspecified atom stereocenters. The maximum absolute atomic E-state index is 12.7. The van der Waals surface area contributed by atoms with Gasteiger partial charge in [-0.2, -0.15) is 0 Å². The minimum atomic E-state index is -4.01. The molecule has 0 bridgehead atoms. The summed E-state index contributed by atoms with van der Waals surface area (Å²) in [6.07, 6.45) is 1.83. The second kappa shape index (κ2) is 8.18. The largest absolute Gasteiger partial charge is 0.388 e. The maximum Gasteiger partial charge on any atom is 0.333 e. The van der Waals surface area contributed by atoms with Gasteiger partial charge in [-0.05, 0) is 59.7 Å². The summed E-state index contributed by atoms with van der Waals surface area (Å²) in [5.74, 6) is -0.0724. The number of anilines is 2. The topological polar surface area (TPSA) is 104 Å². The van der Waals surface area contributed by atoms with Crippen LogP contribution >= 0.6 is 22.9 Å². The number of rotatable bonds is 5. The molecule has 0 saturated heterocycles. The molecular formula is C21H16ClN3O4S2. The van der Waals surface area contributed by atoms with Gasteiger partial charge in [0.15, 0.2) is 5.78 Å². The average Bonchev–Trinajstić information content (AvgIpc) is 3.32. The molecule has 0 aliphatic heterocycles. The number of nitrogens with one attached hydrogen (secondary N) is 3. The van der Waals surface area contributed by atoms with Crippen LogP contribution in [0.3, 0.4) is 0 Å². The van der Waals surface area contributed by atoms with E-state index in [1.165, 1.54) is 12.1 Å². The molecule has 0 radical (unpaired) electrons.